The van der Waals surface area contributed by atoms with Crippen LogP contribution in [0.2, 0.25) is 0 Å². The summed E-state index contributed by atoms with van der Waals surface area (Å²) in [5, 5.41) is 9.41. The quantitative estimate of drug-likeness (QED) is 0.247. The zero-order valence-corrected chi connectivity index (χ0v) is 20.6. The van der Waals surface area contributed by atoms with Crippen LogP contribution < -0.4 is 4.90 Å². The van der Waals surface area contributed by atoms with Crippen molar-refractivity contribution in [3.05, 3.63) is 140 Å². The Hall–Kier alpha value is -5.08. The molecule has 0 unspecified atom stereocenters. The first-order chi connectivity index (χ1) is 18.8. The Morgan fingerprint density at radius 1 is 0.368 bits per heavy atom. The molecule has 0 saturated carbocycles. The number of benzene rings is 7. The molecule has 38 heavy (non-hydrogen) atoms. The van der Waals surface area contributed by atoms with Crippen LogP contribution in [0.15, 0.2) is 144 Å². The summed E-state index contributed by atoms with van der Waals surface area (Å²) >= 11 is 0. The third-order valence-corrected chi connectivity index (χ3v) is 7.61. The SMILES string of the molecule is c1ccc2cc(N(c3cccc4ccccc34)c3cccc4c3oc3c5ccccc5ccc43)ccc2c1. The monoisotopic (exact) mass is 485 g/mol. The minimum absolute atomic E-state index is 0.889. The molecule has 7 aromatic carbocycles. The maximum absolute atomic E-state index is 6.78. The van der Waals surface area contributed by atoms with E-state index in [0.29, 0.717) is 0 Å². The number of nitrogens with zero attached hydrogens (tertiary/aromatic N) is 1. The Bertz CT molecular complexity index is 2150. The average molecular weight is 486 g/mol. The van der Waals surface area contributed by atoms with Crippen molar-refractivity contribution in [3.8, 4) is 0 Å². The first kappa shape index (κ1) is 21.0. The van der Waals surface area contributed by atoms with Crippen LogP contribution in [0.25, 0.3) is 54.3 Å². The predicted octanol–water partition coefficient (Wildman–Crippen LogP) is 10.5. The van der Waals surface area contributed by atoms with Crippen molar-refractivity contribution in [2.45, 2.75) is 0 Å². The van der Waals surface area contributed by atoms with Gasteiger partial charge in [0.05, 0.1) is 11.4 Å². The fourth-order valence-electron chi connectivity index (χ4n) is 5.81. The van der Waals surface area contributed by atoms with E-state index in [9.17, 15) is 0 Å². The summed E-state index contributed by atoms with van der Waals surface area (Å²) in [4.78, 5) is 2.35. The topological polar surface area (TPSA) is 16.4 Å². The summed E-state index contributed by atoms with van der Waals surface area (Å²) in [5.41, 5.74) is 5.06. The van der Waals surface area contributed by atoms with Gasteiger partial charge in [0.2, 0.25) is 0 Å². The van der Waals surface area contributed by atoms with Crippen LogP contribution in [-0.4, -0.2) is 0 Å². The van der Waals surface area contributed by atoms with Gasteiger partial charge in [-0.3, -0.25) is 0 Å². The summed E-state index contributed by atoms with van der Waals surface area (Å²) in [7, 11) is 0. The van der Waals surface area contributed by atoms with Crippen LogP contribution in [0.5, 0.6) is 0 Å². The van der Waals surface area contributed by atoms with Crippen molar-refractivity contribution >= 4 is 71.3 Å². The lowest BCUT2D eigenvalue weighted by molar-refractivity contribution is 0.673. The second-order valence-corrected chi connectivity index (χ2v) is 9.78. The van der Waals surface area contributed by atoms with E-state index in [1.807, 2.05) is 0 Å². The highest BCUT2D eigenvalue weighted by Gasteiger charge is 2.21. The summed E-state index contributed by atoms with van der Waals surface area (Å²) in [6, 6.07) is 49.6. The van der Waals surface area contributed by atoms with E-state index in [1.165, 1.54) is 26.9 Å². The van der Waals surface area contributed by atoms with Gasteiger partial charge in [-0.1, -0.05) is 109 Å². The Balaban J connectivity index is 1.47. The molecule has 0 radical (unpaired) electrons. The van der Waals surface area contributed by atoms with E-state index < -0.39 is 0 Å². The Kier molecular flexibility index (Phi) is 4.55. The van der Waals surface area contributed by atoms with Crippen molar-refractivity contribution in [1.29, 1.82) is 0 Å². The van der Waals surface area contributed by atoms with Crippen LogP contribution in [0.1, 0.15) is 0 Å². The van der Waals surface area contributed by atoms with Gasteiger partial charge in [-0.15, -0.1) is 0 Å². The van der Waals surface area contributed by atoms with Gasteiger partial charge < -0.3 is 9.32 Å². The van der Waals surface area contributed by atoms with Gasteiger partial charge in [0.25, 0.3) is 0 Å². The lowest BCUT2D eigenvalue weighted by Crippen LogP contribution is -2.10. The molecule has 2 heteroatoms. The van der Waals surface area contributed by atoms with E-state index in [0.717, 1.165) is 44.4 Å². The number of hydrogen-bond acceptors (Lipinski definition) is 2. The van der Waals surface area contributed by atoms with Gasteiger partial charge in [-0.2, -0.15) is 0 Å². The van der Waals surface area contributed by atoms with Crippen molar-refractivity contribution in [1.82, 2.24) is 0 Å². The number of para-hydroxylation sites is 1. The molecule has 0 aliphatic rings. The van der Waals surface area contributed by atoms with Crippen LogP contribution in [0.4, 0.5) is 17.1 Å². The van der Waals surface area contributed by atoms with Gasteiger partial charge >= 0.3 is 0 Å². The summed E-state index contributed by atoms with van der Waals surface area (Å²) < 4.78 is 6.78. The Morgan fingerprint density at radius 3 is 1.82 bits per heavy atom. The van der Waals surface area contributed by atoms with Gasteiger partial charge in [-0.05, 0) is 51.9 Å². The largest absolute Gasteiger partial charge is 0.453 e. The first-order valence-corrected chi connectivity index (χ1v) is 12.9. The zero-order valence-electron chi connectivity index (χ0n) is 20.6. The van der Waals surface area contributed by atoms with Crippen LogP contribution in [-0.2, 0) is 0 Å². The van der Waals surface area contributed by atoms with Crippen molar-refractivity contribution in [2.75, 3.05) is 4.90 Å². The smallest absolute Gasteiger partial charge is 0.159 e. The lowest BCUT2D eigenvalue weighted by atomic mass is 10.0. The molecule has 1 heterocycles. The molecule has 178 valence electrons. The molecule has 0 fully saturated rings. The van der Waals surface area contributed by atoms with Crippen molar-refractivity contribution < 1.29 is 4.42 Å². The summed E-state index contributed by atoms with van der Waals surface area (Å²) in [6.07, 6.45) is 0. The van der Waals surface area contributed by atoms with Crippen LogP contribution in [0.3, 0.4) is 0 Å². The molecule has 0 spiro atoms. The third-order valence-electron chi connectivity index (χ3n) is 7.61. The molecular weight excluding hydrogens is 462 g/mol. The summed E-state index contributed by atoms with van der Waals surface area (Å²) in [6.45, 7) is 0. The molecular formula is C36H23NO. The minimum atomic E-state index is 0.889. The molecule has 8 aromatic rings. The molecule has 0 aliphatic carbocycles. The van der Waals surface area contributed by atoms with Crippen molar-refractivity contribution in [3.63, 3.8) is 0 Å². The highest BCUT2D eigenvalue weighted by Crippen LogP contribution is 2.45. The number of anilines is 3. The Morgan fingerprint density at radius 2 is 0.947 bits per heavy atom. The van der Waals surface area contributed by atoms with E-state index in [2.05, 4.69) is 144 Å². The minimum Gasteiger partial charge on any atom is -0.453 e. The first-order valence-electron chi connectivity index (χ1n) is 12.9. The van der Waals surface area contributed by atoms with Crippen LogP contribution in [0, 0.1) is 0 Å². The van der Waals surface area contributed by atoms with Crippen LogP contribution >= 0.6 is 0 Å². The van der Waals surface area contributed by atoms with E-state index in [4.69, 9.17) is 4.42 Å². The molecule has 0 saturated heterocycles. The predicted molar refractivity (Wildman–Crippen MR) is 161 cm³/mol. The fourth-order valence-corrected chi connectivity index (χ4v) is 5.81. The highest BCUT2D eigenvalue weighted by molar-refractivity contribution is 6.18. The van der Waals surface area contributed by atoms with Gasteiger partial charge in [0.1, 0.15) is 5.58 Å². The van der Waals surface area contributed by atoms with Gasteiger partial charge in [-0.25, -0.2) is 0 Å². The second kappa shape index (κ2) is 8.22. The fraction of sp³-hybridized carbons (Fsp3) is 0. The average Bonchev–Trinajstić information content (AvgIpc) is 3.37. The van der Waals surface area contributed by atoms with Gasteiger partial charge in [0, 0.05) is 27.2 Å². The lowest BCUT2D eigenvalue weighted by Gasteiger charge is -2.27. The number of rotatable bonds is 3. The zero-order chi connectivity index (χ0) is 25.1. The summed E-state index contributed by atoms with van der Waals surface area (Å²) in [5.74, 6) is 0. The maximum Gasteiger partial charge on any atom is 0.159 e. The van der Waals surface area contributed by atoms with E-state index in [-0.39, 0.29) is 0 Å². The number of hydrogen-bond donors (Lipinski definition) is 0. The van der Waals surface area contributed by atoms with Gasteiger partial charge in [0.15, 0.2) is 5.58 Å². The molecule has 8 rings (SSSR count). The molecule has 1 aromatic heterocycles. The molecule has 0 N–H and O–H groups in total. The normalized spacial score (nSPS) is 11.7. The number of furan rings is 1. The third kappa shape index (κ3) is 3.14. The molecule has 0 aliphatic heterocycles. The van der Waals surface area contributed by atoms with E-state index >= 15 is 0 Å². The molecule has 0 amide bonds. The molecule has 0 atom stereocenters. The standard InChI is InChI=1S/C36H23NO/c1-2-12-27-23-28(21-19-24(27)9-1)37(33-17-7-13-25-10-3-5-14-29(25)33)34-18-8-16-31-32-22-20-26-11-4-6-15-30(26)35(32)38-36(31)34/h1-23H. The molecule has 2 nitrogen and oxygen atoms in total. The second-order valence-electron chi connectivity index (χ2n) is 9.78. The maximum atomic E-state index is 6.78. The number of fused-ring (bicyclic) bond motifs is 7. The Labute approximate surface area is 220 Å². The van der Waals surface area contributed by atoms with E-state index in [1.54, 1.807) is 0 Å². The molecule has 0 bridgehead atoms. The van der Waals surface area contributed by atoms with Crippen molar-refractivity contribution in [2.24, 2.45) is 0 Å². The highest BCUT2D eigenvalue weighted by atomic mass is 16.3.